The monoisotopic (exact) mass is 518 g/mol. The molecule has 2 N–H and O–H groups in total. The van der Waals surface area contributed by atoms with Crippen molar-refractivity contribution >= 4 is 34.4 Å². The molecule has 2 heterocycles. The van der Waals surface area contributed by atoms with Gasteiger partial charge in [0.1, 0.15) is 12.3 Å². The van der Waals surface area contributed by atoms with E-state index in [1.165, 1.54) is 24.0 Å². The number of esters is 1. The molecular weight excluding hydrogens is 492 g/mol. The smallest absolute Gasteiger partial charge is 0.339 e. The van der Waals surface area contributed by atoms with E-state index in [4.69, 9.17) is 9.15 Å². The third-order valence-electron chi connectivity index (χ3n) is 5.87. The zero-order valence-corrected chi connectivity index (χ0v) is 20.6. The van der Waals surface area contributed by atoms with Crippen molar-refractivity contribution in [2.45, 2.75) is 32.5 Å². The van der Waals surface area contributed by atoms with E-state index >= 15 is 0 Å². The molecule has 0 fully saturated rings. The number of nitrogens with zero attached hydrogens (tertiary/aromatic N) is 2. The molecule has 0 aliphatic rings. The summed E-state index contributed by atoms with van der Waals surface area (Å²) >= 11 is 0. The van der Waals surface area contributed by atoms with Crippen LogP contribution in [0.5, 0.6) is 0 Å². The Bertz CT molecular complexity index is 1590. The first-order valence-electron chi connectivity index (χ1n) is 11.9. The SMILES string of the molecule is COC(=O)c1ccccc1NC(=O)Cn1c(=O)n(CCCC(=O)NCc2ccco2)c(=O)c2ccccc21. The molecule has 4 rings (SSSR count). The van der Waals surface area contributed by atoms with Gasteiger partial charge in [-0.2, -0.15) is 0 Å². The molecule has 0 aliphatic heterocycles. The number of nitrogens with one attached hydrogen (secondary N) is 2. The predicted molar refractivity (Wildman–Crippen MR) is 139 cm³/mol. The molecule has 11 nitrogen and oxygen atoms in total. The number of furan rings is 1. The summed E-state index contributed by atoms with van der Waals surface area (Å²) in [7, 11) is 1.23. The summed E-state index contributed by atoms with van der Waals surface area (Å²) in [6.45, 7) is -0.176. The number of methoxy groups -OCH3 is 1. The highest BCUT2D eigenvalue weighted by atomic mass is 16.5. The van der Waals surface area contributed by atoms with Crippen LogP contribution in [-0.4, -0.2) is 34.0 Å². The molecule has 0 aliphatic carbocycles. The van der Waals surface area contributed by atoms with Gasteiger partial charge in [0, 0.05) is 13.0 Å². The van der Waals surface area contributed by atoms with Crippen molar-refractivity contribution in [2.75, 3.05) is 12.4 Å². The van der Waals surface area contributed by atoms with Crippen molar-refractivity contribution in [3.05, 3.63) is 99.1 Å². The van der Waals surface area contributed by atoms with Crippen molar-refractivity contribution in [2.24, 2.45) is 0 Å². The van der Waals surface area contributed by atoms with Gasteiger partial charge in [-0.05, 0) is 42.8 Å². The second-order valence-corrected chi connectivity index (χ2v) is 8.39. The first-order valence-corrected chi connectivity index (χ1v) is 11.9. The Morgan fingerprint density at radius 1 is 0.921 bits per heavy atom. The Labute approximate surface area is 216 Å². The van der Waals surface area contributed by atoms with Crippen LogP contribution in [0.1, 0.15) is 29.0 Å². The van der Waals surface area contributed by atoms with Crippen LogP contribution < -0.4 is 21.9 Å². The van der Waals surface area contributed by atoms with Crippen molar-refractivity contribution in [3.8, 4) is 0 Å². The van der Waals surface area contributed by atoms with Crippen molar-refractivity contribution < 1.29 is 23.5 Å². The van der Waals surface area contributed by atoms with Gasteiger partial charge in [-0.1, -0.05) is 24.3 Å². The molecule has 0 spiro atoms. The molecule has 0 bridgehead atoms. The van der Waals surface area contributed by atoms with Crippen LogP contribution in [0.15, 0.2) is 80.9 Å². The Hall–Kier alpha value is -4.93. The number of para-hydroxylation sites is 2. The lowest BCUT2D eigenvalue weighted by molar-refractivity contribution is -0.121. The summed E-state index contributed by atoms with van der Waals surface area (Å²) in [5, 5.41) is 5.62. The van der Waals surface area contributed by atoms with Gasteiger partial charge >= 0.3 is 11.7 Å². The Morgan fingerprint density at radius 3 is 2.45 bits per heavy atom. The fourth-order valence-corrected chi connectivity index (χ4v) is 4.02. The molecule has 2 amide bonds. The molecule has 38 heavy (non-hydrogen) atoms. The van der Waals surface area contributed by atoms with Crippen LogP contribution in [0.25, 0.3) is 10.9 Å². The van der Waals surface area contributed by atoms with Gasteiger partial charge in [0.05, 0.1) is 42.1 Å². The maximum atomic E-state index is 13.3. The van der Waals surface area contributed by atoms with Gasteiger partial charge in [0.2, 0.25) is 11.8 Å². The first kappa shape index (κ1) is 26.1. The molecule has 0 saturated heterocycles. The van der Waals surface area contributed by atoms with Gasteiger partial charge < -0.3 is 19.8 Å². The summed E-state index contributed by atoms with van der Waals surface area (Å²) in [5.74, 6) is -0.833. The molecule has 2 aromatic heterocycles. The van der Waals surface area contributed by atoms with E-state index in [0.717, 1.165) is 4.57 Å². The van der Waals surface area contributed by atoms with Gasteiger partial charge in [-0.25, -0.2) is 9.59 Å². The maximum absolute atomic E-state index is 13.3. The number of carbonyl (C=O) groups is 3. The quantitative estimate of drug-likeness (QED) is 0.307. The second-order valence-electron chi connectivity index (χ2n) is 8.39. The largest absolute Gasteiger partial charge is 0.467 e. The number of anilines is 1. The highest BCUT2D eigenvalue weighted by Gasteiger charge is 2.18. The molecule has 4 aromatic rings. The molecular formula is C27H26N4O7. The van der Waals surface area contributed by atoms with E-state index in [-0.39, 0.29) is 48.5 Å². The second kappa shape index (κ2) is 11.9. The summed E-state index contributed by atoms with van der Waals surface area (Å²) < 4.78 is 12.2. The average Bonchev–Trinajstić information content (AvgIpc) is 3.45. The van der Waals surface area contributed by atoms with E-state index in [1.807, 2.05) is 0 Å². The lowest BCUT2D eigenvalue weighted by Crippen LogP contribution is -2.42. The Morgan fingerprint density at radius 2 is 1.68 bits per heavy atom. The number of fused-ring (bicyclic) bond motifs is 1. The zero-order valence-electron chi connectivity index (χ0n) is 20.6. The maximum Gasteiger partial charge on any atom is 0.339 e. The molecule has 0 atom stereocenters. The summed E-state index contributed by atoms with van der Waals surface area (Å²) in [6.07, 6.45) is 1.83. The van der Waals surface area contributed by atoms with Crippen LogP contribution in [0.2, 0.25) is 0 Å². The van der Waals surface area contributed by atoms with Crippen LogP contribution in [0.3, 0.4) is 0 Å². The van der Waals surface area contributed by atoms with Crippen molar-refractivity contribution in [1.29, 1.82) is 0 Å². The zero-order chi connectivity index (χ0) is 27.1. The number of aromatic nitrogens is 2. The molecule has 196 valence electrons. The molecule has 0 radical (unpaired) electrons. The van der Waals surface area contributed by atoms with Gasteiger partial charge in [-0.3, -0.25) is 23.5 Å². The van der Waals surface area contributed by atoms with Crippen LogP contribution >= 0.6 is 0 Å². The lowest BCUT2D eigenvalue weighted by atomic mass is 10.2. The topological polar surface area (TPSA) is 142 Å². The minimum atomic E-state index is -0.680. The van der Waals surface area contributed by atoms with E-state index in [9.17, 15) is 24.0 Å². The van der Waals surface area contributed by atoms with Crippen molar-refractivity contribution in [3.63, 3.8) is 0 Å². The normalized spacial score (nSPS) is 10.8. The van der Waals surface area contributed by atoms with Crippen molar-refractivity contribution in [1.82, 2.24) is 14.5 Å². The molecule has 0 saturated carbocycles. The van der Waals surface area contributed by atoms with Crippen LogP contribution in [-0.2, 0) is 34.0 Å². The Kier molecular flexibility index (Phi) is 8.17. The summed E-state index contributed by atoms with van der Waals surface area (Å²) in [4.78, 5) is 63.6. The van der Waals surface area contributed by atoms with E-state index in [2.05, 4.69) is 10.6 Å². The third-order valence-corrected chi connectivity index (χ3v) is 5.87. The lowest BCUT2D eigenvalue weighted by Gasteiger charge is -2.15. The first-order chi connectivity index (χ1) is 18.4. The minimum absolute atomic E-state index is 0.0105. The number of hydrogen-bond acceptors (Lipinski definition) is 7. The molecule has 11 heteroatoms. The Balaban J connectivity index is 1.53. The number of ether oxygens (including phenoxy) is 1. The van der Waals surface area contributed by atoms with Crippen LogP contribution in [0.4, 0.5) is 5.69 Å². The van der Waals surface area contributed by atoms with Gasteiger partial charge in [-0.15, -0.1) is 0 Å². The number of rotatable bonds is 10. The van der Waals surface area contributed by atoms with E-state index in [0.29, 0.717) is 11.3 Å². The number of carbonyl (C=O) groups excluding carboxylic acids is 3. The van der Waals surface area contributed by atoms with E-state index < -0.39 is 29.7 Å². The van der Waals surface area contributed by atoms with Gasteiger partial charge in [0.25, 0.3) is 5.56 Å². The van der Waals surface area contributed by atoms with Crippen LogP contribution in [0, 0.1) is 0 Å². The summed E-state index contributed by atoms with van der Waals surface area (Å²) in [6, 6.07) is 16.3. The van der Waals surface area contributed by atoms with E-state index in [1.54, 1.807) is 54.6 Å². The third kappa shape index (κ3) is 5.89. The number of benzene rings is 2. The molecule has 0 unspecified atom stereocenters. The predicted octanol–water partition coefficient (Wildman–Crippen LogP) is 2.28. The standard InChI is InChI=1S/C27H26N4O7/c1-37-26(35)19-9-2-4-11-21(19)29-24(33)17-31-22-12-5-3-10-20(22)25(34)30(27(31)36)14-6-13-23(32)28-16-18-8-7-15-38-18/h2-5,7-12,15H,6,13-14,16-17H2,1H3,(H,28,32)(H,29,33). The fraction of sp³-hybridized carbons (Fsp3) is 0.222. The number of amides is 2. The minimum Gasteiger partial charge on any atom is -0.467 e. The number of hydrogen-bond donors (Lipinski definition) is 2. The van der Waals surface area contributed by atoms with Gasteiger partial charge in [0.15, 0.2) is 0 Å². The average molecular weight is 519 g/mol. The summed E-state index contributed by atoms with van der Waals surface area (Å²) in [5.41, 5.74) is -0.492. The highest BCUT2D eigenvalue weighted by molar-refractivity contribution is 6.01. The molecule has 2 aromatic carbocycles. The fourth-order valence-electron chi connectivity index (χ4n) is 4.02. The highest BCUT2D eigenvalue weighted by Crippen LogP contribution is 2.16.